The van der Waals surface area contributed by atoms with Gasteiger partial charge in [-0.25, -0.2) is 4.79 Å². The van der Waals surface area contributed by atoms with Gasteiger partial charge in [0.15, 0.2) is 6.23 Å². The highest BCUT2D eigenvalue weighted by Crippen LogP contribution is 2.38. The summed E-state index contributed by atoms with van der Waals surface area (Å²) in [4.78, 5) is 15.0. The highest BCUT2D eigenvalue weighted by atomic mass is 16.6. The fourth-order valence-electron chi connectivity index (χ4n) is 3.67. The molecule has 1 aliphatic heterocycles. The van der Waals surface area contributed by atoms with Crippen LogP contribution >= 0.6 is 0 Å². The minimum absolute atomic E-state index is 0.370. The van der Waals surface area contributed by atoms with E-state index in [0.717, 1.165) is 16.8 Å². The van der Waals surface area contributed by atoms with Gasteiger partial charge < -0.3 is 14.4 Å². The SMILES string of the molecule is CC(C)(C)OC(=O)C1=COC(N(Cc2ccccc2)c2ccccc2)c2ccccc21. The average molecular weight is 414 g/mol. The summed E-state index contributed by atoms with van der Waals surface area (Å²) in [7, 11) is 0. The molecule has 4 rings (SSSR count). The summed E-state index contributed by atoms with van der Waals surface area (Å²) in [5, 5.41) is 0. The van der Waals surface area contributed by atoms with Crippen LogP contribution in [0.2, 0.25) is 0 Å². The van der Waals surface area contributed by atoms with Crippen LogP contribution in [0.15, 0.2) is 91.2 Å². The number of hydrogen-bond donors (Lipinski definition) is 0. The monoisotopic (exact) mass is 413 g/mol. The van der Waals surface area contributed by atoms with Crippen molar-refractivity contribution in [2.24, 2.45) is 0 Å². The summed E-state index contributed by atoms with van der Waals surface area (Å²) in [5.41, 5.74) is 3.85. The molecule has 0 amide bonds. The number of esters is 1. The van der Waals surface area contributed by atoms with Crippen LogP contribution in [0, 0.1) is 0 Å². The Labute approximate surface area is 183 Å². The Hall–Kier alpha value is -3.53. The smallest absolute Gasteiger partial charge is 0.342 e. The normalized spacial score (nSPS) is 15.3. The average Bonchev–Trinajstić information content (AvgIpc) is 2.77. The first kappa shape index (κ1) is 20.7. The van der Waals surface area contributed by atoms with Crippen LogP contribution in [0.4, 0.5) is 5.69 Å². The molecule has 3 aromatic rings. The van der Waals surface area contributed by atoms with Crippen molar-refractivity contribution >= 4 is 17.2 Å². The molecule has 0 N–H and O–H groups in total. The van der Waals surface area contributed by atoms with Gasteiger partial charge in [-0.15, -0.1) is 0 Å². The topological polar surface area (TPSA) is 38.8 Å². The zero-order chi connectivity index (χ0) is 21.8. The molecule has 0 saturated heterocycles. The van der Waals surface area contributed by atoms with Crippen molar-refractivity contribution in [3.05, 3.63) is 108 Å². The van der Waals surface area contributed by atoms with E-state index in [1.54, 1.807) is 6.26 Å². The zero-order valence-corrected chi connectivity index (χ0v) is 18.1. The molecule has 0 spiro atoms. The molecule has 31 heavy (non-hydrogen) atoms. The first-order chi connectivity index (χ1) is 14.9. The van der Waals surface area contributed by atoms with Crippen molar-refractivity contribution in [3.8, 4) is 0 Å². The Morgan fingerprint density at radius 2 is 1.52 bits per heavy atom. The Kier molecular flexibility index (Phi) is 5.81. The molecular weight excluding hydrogens is 386 g/mol. The van der Waals surface area contributed by atoms with Gasteiger partial charge in [0, 0.05) is 23.4 Å². The van der Waals surface area contributed by atoms with E-state index in [-0.39, 0.29) is 12.2 Å². The lowest BCUT2D eigenvalue weighted by Gasteiger charge is -2.36. The van der Waals surface area contributed by atoms with Crippen molar-refractivity contribution in [3.63, 3.8) is 0 Å². The third-order valence-electron chi connectivity index (χ3n) is 5.02. The van der Waals surface area contributed by atoms with Crippen molar-refractivity contribution in [1.29, 1.82) is 0 Å². The number of carbonyl (C=O) groups excluding carboxylic acids is 1. The maximum absolute atomic E-state index is 12.8. The second-order valence-corrected chi connectivity index (χ2v) is 8.56. The molecule has 3 aromatic carbocycles. The molecule has 0 bridgehead atoms. The molecule has 0 fully saturated rings. The third kappa shape index (κ3) is 4.80. The summed E-state index contributed by atoms with van der Waals surface area (Å²) in [6.45, 7) is 6.25. The Balaban J connectivity index is 1.73. The number of anilines is 1. The third-order valence-corrected chi connectivity index (χ3v) is 5.02. The van der Waals surface area contributed by atoms with Crippen LogP contribution < -0.4 is 4.90 Å². The van der Waals surface area contributed by atoms with Gasteiger partial charge in [-0.2, -0.15) is 0 Å². The van der Waals surface area contributed by atoms with Gasteiger partial charge in [-0.3, -0.25) is 0 Å². The Bertz CT molecular complexity index is 1070. The molecule has 1 heterocycles. The standard InChI is InChI=1S/C27H27NO3/c1-27(2,3)31-26(29)24-19-30-25(23-17-11-10-16-22(23)24)28(21-14-8-5-9-15-21)18-20-12-6-4-7-13-20/h4-17,19,25H,18H2,1-3H3. The quantitative estimate of drug-likeness (QED) is 0.474. The van der Waals surface area contributed by atoms with Gasteiger partial charge >= 0.3 is 5.97 Å². The molecule has 4 heteroatoms. The van der Waals surface area contributed by atoms with Gasteiger partial charge in [-0.05, 0) is 38.5 Å². The number of fused-ring (bicyclic) bond motifs is 1. The van der Waals surface area contributed by atoms with Gasteiger partial charge in [-0.1, -0.05) is 72.8 Å². The Morgan fingerprint density at radius 1 is 0.903 bits per heavy atom. The van der Waals surface area contributed by atoms with Crippen LogP contribution in [-0.4, -0.2) is 11.6 Å². The van der Waals surface area contributed by atoms with Crippen LogP contribution in [0.1, 0.15) is 43.7 Å². The van der Waals surface area contributed by atoms with E-state index in [1.807, 2.05) is 81.4 Å². The predicted molar refractivity (Wildman–Crippen MR) is 123 cm³/mol. The molecule has 0 aromatic heterocycles. The van der Waals surface area contributed by atoms with E-state index in [1.165, 1.54) is 5.56 Å². The number of hydrogen-bond acceptors (Lipinski definition) is 4. The van der Waals surface area contributed by atoms with E-state index in [9.17, 15) is 4.79 Å². The minimum atomic E-state index is -0.576. The molecule has 1 unspecified atom stereocenters. The maximum Gasteiger partial charge on any atom is 0.342 e. The second-order valence-electron chi connectivity index (χ2n) is 8.56. The van der Waals surface area contributed by atoms with Crippen LogP contribution in [0.3, 0.4) is 0 Å². The van der Waals surface area contributed by atoms with Crippen LogP contribution in [0.5, 0.6) is 0 Å². The molecule has 0 aliphatic carbocycles. The minimum Gasteiger partial charge on any atom is -0.473 e. The summed E-state index contributed by atoms with van der Waals surface area (Å²) in [6, 6.07) is 28.3. The van der Waals surface area contributed by atoms with E-state index < -0.39 is 5.60 Å². The van der Waals surface area contributed by atoms with Crippen molar-refractivity contribution in [2.45, 2.75) is 39.1 Å². The summed E-state index contributed by atoms with van der Waals surface area (Å²) in [5.74, 6) is -0.382. The highest BCUT2D eigenvalue weighted by Gasteiger charge is 2.32. The number of nitrogens with zero attached hydrogens (tertiary/aromatic N) is 1. The predicted octanol–water partition coefficient (Wildman–Crippen LogP) is 6.10. The lowest BCUT2D eigenvalue weighted by molar-refractivity contribution is -0.147. The maximum atomic E-state index is 12.8. The first-order valence-electron chi connectivity index (χ1n) is 10.5. The lowest BCUT2D eigenvalue weighted by Crippen LogP contribution is -2.33. The molecule has 0 saturated carbocycles. The Morgan fingerprint density at radius 3 is 2.19 bits per heavy atom. The van der Waals surface area contributed by atoms with Gasteiger partial charge in [0.25, 0.3) is 0 Å². The summed E-state index contributed by atoms with van der Waals surface area (Å²) >= 11 is 0. The van der Waals surface area contributed by atoms with Crippen LogP contribution in [0.25, 0.3) is 5.57 Å². The molecule has 0 radical (unpaired) electrons. The molecule has 1 atom stereocenters. The van der Waals surface area contributed by atoms with E-state index in [2.05, 4.69) is 29.2 Å². The molecule has 158 valence electrons. The fraction of sp³-hybridized carbons (Fsp3) is 0.222. The molecule has 1 aliphatic rings. The van der Waals surface area contributed by atoms with E-state index >= 15 is 0 Å². The number of rotatable bonds is 5. The van der Waals surface area contributed by atoms with Gasteiger partial charge in [0.2, 0.25) is 0 Å². The molecular formula is C27H27NO3. The lowest BCUT2D eigenvalue weighted by atomic mass is 9.96. The number of ether oxygens (including phenoxy) is 2. The van der Waals surface area contributed by atoms with Crippen molar-refractivity contribution in [1.82, 2.24) is 0 Å². The van der Waals surface area contributed by atoms with E-state index in [4.69, 9.17) is 9.47 Å². The van der Waals surface area contributed by atoms with Crippen molar-refractivity contribution in [2.75, 3.05) is 4.90 Å². The van der Waals surface area contributed by atoms with Gasteiger partial charge in [0.1, 0.15) is 17.4 Å². The highest BCUT2D eigenvalue weighted by molar-refractivity contribution is 6.17. The summed E-state index contributed by atoms with van der Waals surface area (Å²) < 4.78 is 11.8. The van der Waals surface area contributed by atoms with Gasteiger partial charge in [0.05, 0.1) is 0 Å². The van der Waals surface area contributed by atoms with Crippen molar-refractivity contribution < 1.29 is 14.3 Å². The number of para-hydroxylation sites is 1. The number of benzene rings is 3. The first-order valence-corrected chi connectivity index (χ1v) is 10.5. The largest absolute Gasteiger partial charge is 0.473 e. The molecule has 4 nitrogen and oxygen atoms in total. The number of carbonyl (C=O) groups is 1. The van der Waals surface area contributed by atoms with Crippen LogP contribution in [-0.2, 0) is 20.8 Å². The zero-order valence-electron chi connectivity index (χ0n) is 18.1. The summed E-state index contributed by atoms with van der Waals surface area (Å²) in [6.07, 6.45) is 1.17. The fourth-order valence-corrected chi connectivity index (χ4v) is 3.67. The second kappa shape index (κ2) is 8.68. The van der Waals surface area contributed by atoms with E-state index in [0.29, 0.717) is 12.1 Å².